The predicted octanol–water partition coefficient (Wildman–Crippen LogP) is 4.43. The van der Waals surface area contributed by atoms with Gasteiger partial charge in [-0.2, -0.15) is 5.10 Å². The van der Waals surface area contributed by atoms with Crippen LogP contribution in [-0.2, 0) is 0 Å². The fourth-order valence-corrected chi connectivity index (χ4v) is 2.49. The Morgan fingerprint density at radius 3 is 2.45 bits per heavy atom. The average molecular weight is 304 g/mol. The monoisotopic (exact) mass is 303 g/mol. The number of anilines is 1. The lowest BCUT2D eigenvalue weighted by Crippen LogP contribution is -1.94. The van der Waals surface area contributed by atoms with Crippen LogP contribution in [-0.4, -0.2) is 9.78 Å². The Bertz CT molecular complexity index is 751. The van der Waals surface area contributed by atoms with Gasteiger partial charge in [0, 0.05) is 10.6 Å². The summed E-state index contributed by atoms with van der Waals surface area (Å²) in [4.78, 5) is 0. The third kappa shape index (κ3) is 2.38. The quantitative estimate of drug-likeness (QED) is 0.761. The molecule has 3 nitrogen and oxygen atoms in total. The zero-order chi connectivity index (χ0) is 14.1. The van der Waals surface area contributed by atoms with Crippen molar-refractivity contribution in [2.75, 3.05) is 5.73 Å². The molecule has 0 saturated carbocycles. The summed E-state index contributed by atoms with van der Waals surface area (Å²) in [5.74, 6) is 0. The molecule has 0 saturated heterocycles. The Balaban J connectivity index is 2.10. The van der Waals surface area contributed by atoms with Gasteiger partial charge in [-0.1, -0.05) is 41.4 Å². The highest BCUT2D eigenvalue weighted by molar-refractivity contribution is 6.36. The summed E-state index contributed by atoms with van der Waals surface area (Å²) in [5, 5.41) is 5.62. The first-order chi connectivity index (χ1) is 9.65. The van der Waals surface area contributed by atoms with E-state index in [1.54, 1.807) is 23.0 Å². The first-order valence-electron chi connectivity index (χ1n) is 6.01. The van der Waals surface area contributed by atoms with Crippen LogP contribution in [0.1, 0.15) is 0 Å². The fraction of sp³-hybridized carbons (Fsp3) is 0. The van der Waals surface area contributed by atoms with Crippen LogP contribution in [0.25, 0.3) is 16.9 Å². The molecule has 100 valence electrons. The summed E-state index contributed by atoms with van der Waals surface area (Å²) in [7, 11) is 0. The Morgan fingerprint density at radius 2 is 1.75 bits per heavy atom. The minimum absolute atomic E-state index is 0.530. The topological polar surface area (TPSA) is 43.8 Å². The summed E-state index contributed by atoms with van der Waals surface area (Å²) in [5.41, 5.74) is 8.97. The first-order valence-corrected chi connectivity index (χ1v) is 6.77. The summed E-state index contributed by atoms with van der Waals surface area (Å²) in [6.45, 7) is 0. The molecule has 3 rings (SSSR count). The third-order valence-corrected chi connectivity index (χ3v) is 3.50. The second-order valence-electron chi connectivity index (χ2n) is 4.34. The van der Waals surface area contributed by atoms with Crippen LogP contribution in [0, 0.1) is 0 Å². The molecule has 1 heterocycles. The van der Waals surface area contributed by atoms with Crippen molar-refractivity contribution < 1.29 is 0 Å². The lowest BCUT2D eigenvalue weighted by molar-refractivity contribution is 0.884. The minimum atomic E-state index is 0.530. The van der Waals surface area contributed by atoms with Gasteiger partial charge in [0.2, 0.25) is 0 Å². The van der Waals surface area contributed by atoms with E-state index in [0.717, 1.165) is 11.3 Å². The predicted molar refractivity (Wildman–Crippen MR) is 83.4 cm³/mol. The fourth-order valence-electron chi connectivity index (χ4n) is 1.99. The van der Waals surface area contributed by atoms with Gasteiger partial charge in [-0.3, -0.25) is 0 Å². The molecular formula is C15H11Cl2N3. The molecule has 2 N–H and O–H groups in total. The number of hydrogen-bond donors (Lipinski definition) is 1. The number of nitrogen functional groups attached to an aromatic ring is 1. The molecule has 1 aromatic heterocycles. The zero-order valence-corrected chi connectivity index (χ0v) is 11.9. The number of nitrogens with two attached hydrogens (primary N) is 1. The van der Waals surface area contributed by atoms with Crippen LogP contribution < -0.4 is 5.73 Å². The Hall–Kier alpha value is -1.97. The van der Waals surface area contributed by atoms with Gasteiger partial charge < -0.3 is 5.73 Å². The van der Waals surface area contributed by atoms with Crippen LogP contribution in [0.5, 0.6) is 0 Å². The van der Waals surface area contributed by atoms with Crippen molar-refractivity contribution >= 4 is 28.9 Å². The molecule has 5 heteroatoms. The van der Waals surface area contributed by atoms with Crippen LogP contribution in [0.4, 0.5) is 5.69 Å². The second-order valence-corrected chi connectivity index (χ2v) is 5.18. The van der Waals surface area contributed by atoms with E-state index < -0.39 is 0 Å². The Kier molecular flexibility index (Phi) is 3.38. The van der Waals surface area contributed by atoms with E-state index in [0.29, 0.717) is 21.4 Å². The number of benzene rings is 2. The second kappa shape index (κ2) is 5.19. The molecule has 0 radical (unpaired) electrons. The minimum Gasteiger partial charge on any atom is -0.396 e. The highest BCUT2D eigenvalue weighted by atomic mass is 35.5. The largest absolute Gasteiger partial charge is 0.396 e. The lowest BCUT2D eigenvalue weighted by atomic mass is 10.1. The van der Waals surface area contributed by atoms with Gasteiger partial charge in [-0.25, -0.2) is 4.68 Å². The van der Waals surface area contributed by atoms with Gasteiger partial charge in [0.05, 0.1) is 22.6 Å². The van der Waals surface area contributed by atoms with Crippen molar-refractivity contribution in [2.24, 2.45) is 0 Å². The van der Waals surface area contributed by atoms with Gasteiger partial charge in [-0.15, -0.1) is 0 Å². The molecule has 0 aliphatic heterocycles. The summed E-state index contributed by atoms with van der Waals surface area (Å²) in [6.07, 6.45) is 1.77. The standard InChI is InChI=1S/C15H11Cl2N3/c16-10-6-7-12(13(17)8-10)15-14(18)9-20(19-15)11-4-2-1-3-5-11/h1-9H,18H2. The molecule has 0 atom stereocenters. The maximum Gasteiger partial charge on any atom is 0.117 e. The first kappa shape index (κ1) is 13.0. The van der Waals surface area contributed by atoms with E-state index in [-0.39, 0.29) is 0 Å². The van der Waals surface area contributed by atoms with E-state index in [9.17, 15) is 0 Å². The zero-order valence-electron chi connectivity index (χ0n) is 10.4. The van der Waals surface area contributed by atoms with E-state index in [1.807, 2.05) is 36.4 Å². The van der Waals surface area contributed by atoms with E-state index in [4.69, 9.17) is 28.9 Å². The number of halogens is 2. The van der Waals surface area contributed by atoms with Crippen molar-refractivity contribution in [1.29, 1.82) is 0 Å². The van der Waals surface area contributed by atoms with Crippen LogP contribution in [0.15, 0.2) is 54.7 Å². The molecular weight excluding hydrogens is 293 g/mol. The smallest absolute Gasteiger partial charge is 0.117 e. The maximum atomic E-state index is 6.20. The molecule has 0 aliphatic carbocycles. The van der Waals surface area contributed by atoms with Crippen molar-refractivity contribution in [3.05, 3.63) is 64.8 Å². The molecule has 3 aromatic rings. The molecule has 20 heavy (non-hydrogen) atoms. The molecule has 0 aliphatic rings. The van der Waals surface area contributed by atoms with Gasteiger partial charge in [0.25, 0.3) is 0 Å². The van der Waals surface area contributed by atoms with Crippen LogP contribution >= 0.6 is 23.2 Å². The number of hydrogen-bond acceptors (Lipinski definition) is 2. The summed E-state index contributed by atoms with van der Waals surface area (Å²) in [6, 6.07) is 15.0. The number of nitrogens with zero attached hydrogens (tertiary/aromatic N) is 2. The summed E-state index contributed by atoms with van der Waals surface area (Å²) < 4.78 is 1.73. The normalized spacial score (nSPS) is 10.7. The Morgan fingerprint density at radius 1 is 1.00 bits per heavy atom. The number of para-hydroxylation sites is 1. The Labute approximate surface area is 126 Å². The molecule has 0 bridgehead atoms. The van der Waals surface area contributed by atoms with Crippen LogP contribution in [0.3, 0.4) is 0 Å². The van der Waals surface area contributed by atoms with Gasteiger partial charge in [0.15, 0.2) is 0 Å². The summed E-state index contributed by atoms with van der Waals surface area (Å²) >= 11 is 12.1. The molecule has 2 aromatic carbocycles. The highest BCUT2D eigenvalue weighted by Gasteiger charge is 2.13. The molecule has 0 fully saturated rings. The number of rotatable bonds is 2. The maximum absolute atomic E-state index is 6.20. The van der Waals surface area contributed by atoms with Crippen molar-refractivity contribution in [3.8, 4) is 16.9 Å². The molecule has 0 amide bonds. The highest BCUT2D eigenvalue weighted by Crippen LogP contribution is 2.33. The van der Waals surface area contributed by atoms with E-state index >= 15 is 0 Å². The van der Waals surface area contributed by atoms with Gasteiger partial charge >= 0.3 is 0 Å². The third-order valence-electron chi connectivity index (χ3n) is 2.95. The average Bonchev–Trinajstić information content (AvgIpc) is 2.82. The van der Waals surface area contributed by atoms with Gasteiger partial charge in [0.1, 0.15) is 5.69 Å². The van der Waals surface area contributed by atoms with Crippen molar-refractivity contribution in [2.45, 2.75) is 0 Å². The van der Waals surface area contributed by atoms with E-state index in [2.05, 4.69) is 5.10 Å². The lowest BCUT2D eigenvalue weighted by Gasteiger charge is -2.03. The van der Waals surface area contributed by atoms with Crippen LogP contribution in [0.2, 0.25) is 10.0 Å². The van der Waals surface area contributed by atoms with Crippen molar-refractivity contribution in [1.82, 2.24) is 9.78 Å². The molecule has 0 unspecified atom stereocenters. The molecule has 0 spiro atoms. The van der Waals surface area contributed by atoms with Crippen molar-refractivity contribution in [3.63, 3.8) is 0 Å². The van der Waals surface area contributed by atoms with E-state index in [1.165, 1.54) is 0 Å². The SMILES string of the molecule is Nc1cn(-c2ccccc2)nc1-c1ccc(Cl)cc1Cl. The number of aromatic nitrogens is 2. The van der Waals surface area contributed by atoms with Gasteiger partial charge in [-0.05, 0) is 30.3 Å².